The minimum Gasteiger partial charge on any atom is -0.336 e. The molecule has 0 bridgehead atoms. The normalized spacial score (nSPS) is 14.1. The van der Waals surface area contributed by atoms with Crippen LogP contribution < -0.4 is 11.2 Å². The molecule has 0 saturated heterocycles. The molecule has 1 amide bonds. The van der Waals surface area contributed by atoms with Gasteiger partial charge in [0.15, 0.2) is 5.82 Å². The molecule has 1 fully saturated rings. The smallest absolute Gasteiger partial charge is 0.234 e. The van der Waals surface area contributed by atoms with Crippen molar-refractivity contribution in [2.75, 3.05) is 16.9 Å². The maximum atomic E-state index is 12.1. The van der Waals surface area contributed by atoms with E-state index >= 15 is 0 Å². The van der Waals surface area contributed by atoms with Gasteiger partial charge in [-0.05, 0) is 38.3 Å². The number of aromatic nitrogens is 3. The van der Waals surface area contributed by atoms with E-state index in [-0.39, 0.29) is 11.7 Å². The van der Waals surface area contributed by atoms with Crippen LogP contribution in [0, 0.1) is 13.8 Å². The zero-order chi connectivity index (χ0) is 15.7. The Morgan fingerprint density at radius 2 is 2.18 bits per heavy atom. The van der Waals surface area contributed by atoms with Crippen LogP contribution in [-0.2, 0) is 4.79 Å². The number of carbonyl (C=O) groups is 1. The van der Waals surface area contributed by atoms with Gasteiger partial charge in [-0.3, -0.25) is 4.79 Å². The Morgan fingerprint density at radius 1 is 1.41 bits per heavy atom. The van der Waals surface area contributed by atoms with E-state index in [1.54, 1.807) is 0 Å². The minimum absolute atomic E-state index is 0.0760. The molecule has 6 nitrogen and oxygen atoms in total. The number of carbonyl (C=O) groups excluding carboxylic acids is 1. The molecule has 1 saturated carbocycles. The first-order chi connectivity index (χ1) is 10.5. The third-order valence-electron chi connectivity index (χ3n) is 3.62. The summed E-state index contributed by atoms with van der Waals surface area (Å²) in [5.41, 5.74) is 3.06. The maximum Gasteiger partial charge on any atom is 0.234 e. The first-order valence-electron chi connectivity index (χ1n) is 7.25. The van der Waals surface area contributed by atoms with E-state index in [1.165, 1.54) is 22.0 Å². The average molecular weight is 317 g/mol. The number of aryl methyl sites for hydroxylation is 2. The highest BCUT2D eigenvalue weighted by Gasteiger charge is 2.30. The fourth-order valence-corrected chi connectivity index (χ4v) is 2.94. The van der Waals surface area contributed by atoms with Crippen LogP contribution in [0.3, 0.4) is 0 Å². The highest BCUT2D eigenvalue weighted by atomic mass is 32.2. The number of nitrogen functional groups attached to an aromatic ring is 1. The second-order valence-corrected chi connectivity index (χ2v) is 6.58. The van der Waals surface area contributed by atoms with Crippen LogP contribution in [0.5, 0.6) is 0 Å². The lowest BCUT2D eigenvalue weighted by Gasteiger charge is -2.09. The lowest BCUT2D eigenvalue weighted by Crippen LogP contribution is -2.17. The van der Waals surface area contributed by atoms with Crippen LogP contribution in [0.2, 0.25) is 0 Å². The van der Waals surface area contributed by atoms with Gasteiger partial charge in [-0.15, -0.1) is 10.2 Å². The highest BCUT2D eigenvalue weighted by molar-refractivity contribution is 7.99. The summed E-state index contributed by atoms with van der Waals surface area (Å²) in [6, 6.07) is 5.94. The van der Waals surface area contributed by atoms with Crippen LogP contribution in [0.15, 0.2) is 23.4 Å². The Labute approximate surface area is 133 Å². The Bertz CT molecular complexity index is 708. The third-order valence-corrected chi connectivity index (χ3v) is 4.56. The van der Waals surface area contributed by atoms with Crippen molar-refractivity contribution in [3.8, 4) is 0 Å². The van der Waals surface area contributed by atoms with Crippen LogP contribution in [-0.4, -0.2) is 26.5 Å². The number of thioether (sulfide) groups is 1. The van der Waals surface area contributed by atoms with Gasteiger partial charge in [-0.25, -0.2) is 4.68 Å². The Balaban J connectivity index is 1.58. The number of amides is 1. The summed E-state index contributed by atoms with van der Waals surface area (Å²) in [6.45, 7) is 4.01. The number of benzene rings is 1. The van der Waals surface area contributed by atoms with E-state index in [1.807, 2.05) is 32.0 Å². The first kappa shape index (κ1) is 14.9. The molecule has 1 heterocycles. The number of anilines is 1. The van der Waals surface area contributed by atoms with E-state index in [4.69, 9.17) is 5.84 Å². The fourth-order valence-electron chi connectivity index (χ4n) is 2.28. The number of nitrogens with one attached hydrogen (secondary N) is 1. The molecular weight excluding hydrogens is 298 g/mol. The lowest BCUT2D eigenvalue weighted by molar-refractivity contribution is -0.113. The molecule has 0 radical (unpaired) electrons. The SMILES string of the molecule is Cc1ccc(NC(=O)CSc2nnc(C3CC3)n2N)c(C)c1. The number of nitrogens with two attached hydrogens (primary N) is 1. The van der Waals surface area contributed by atoms with Gasteiger partial charge >= 0.3 is 0 Å². The van der Waals surface area contributed by atoms with Gasteiger partial charge in [0.1, 0.15) is 0 Å². The molecule has 0 atom stereocenters. The van der Waals surface area contributed by atoms with Crippen molar-refractivity contribution in [3.63, 3.8) is 0 Å². The number of hydrogen-bond acceptors (Lipinski definition) is 5. The summed E-state index contributed by atoms with van der Waals surface area (Å²) in [6.07, 6.45) is 2.24. The summed E-state index contributed by atoms with van der Waals surface area (Å²) >= 11 is 1.30. The van der Waals surface area contributed by atoms with E-state index < -0.39 is 0 Å². The average Bonchev–Trinajstić information content (AvgIpc) is 3.24. The Kier molecular flexibility index (Phi) is 4.06. The zero-order valence-corrected chi connectivity index (χ0v) is 13.5. The molecule has 0 spiro atoms. The summed E-state index contributed by atoms with van der Waals surface area (Å²) < 4.78 is 1.51. The van der Waals surface area contributed by atoms with Gasteiger partial charge in [0, 0.05) is 11.6 Å². The van der Waals surface area contributed by atoms with E-state index in [2.05, 4.69) is 15.5 Å². The highest BCUT2D eigenvalue weighted by Crippen LogP contribution is 2.39. The van der Waals surface area contributed by atoms with Crippen molar-refractivity contribution in [3.05, 3.63) is 35.2 Å². The molecule has 3 N–H and O–H groups in total. The van der Waals surface area contributed by atoms with Crippen molar-refractivity contribution in [2.45, 2.75) is 37.8 Å². The molecule has 1 aliphatic carbocycles. The number of rotatable bonds is 5. The molecule has 1 aromatic heterocycles. The van der Waals surface area contributed by atoms with Crippen molar-refractivity contribution < 1.29 is 4.79 Å². The van der Waals surface area contributed by atoms with Gasteiger partial charge in [-0.2, -0.15) is 0 Å². The second-order valence-electron chi connectivity index (χ2n) is 5.64. The molecule has 0 unspecified atom stereocenters. The summed E-state index contributed by atoms with van der Waals surface area (Å²) in [5.74, 6) is 7.40. The predicted molar refractivity (Wildman–Crippen MR) is 87.4 cm³/mol. The van der Waals surface area contributed by atoms with Gasteiger partial charge in [-0.1, -0.05) is 29.5 Å². The molecule has 116 valence electrons. The molecule has 0 aliphatic heterocycles. The summed E-state index contributed by atoms with van der Waals surface area (Å²) in [7, 11) is 0. The standard InChI is InChI=1S/C15H19N5OS/c1-9-3-6-12(10(2)7-9)17-13(21)8-22-15-19-18-14(20(15)16)11-4-5-11/h3,6-7,11H,4-5,8,16H2,1-2H3,(H,17,21). The predicted octanol–water partition coefficient (Wildman–Crippen LogP) is 2.22. The maximum absolute atomic E-state index is 12.1. The monoisotopic (exact) mass is 317 g/mol. The van der Waals surface area contributed by atoms with Crippen molar-refractivity contribution >= 4 is 23.4 Å². The topological polar surface area (TPSA) is 85.8 Å². The first-order valence-corrected chi connectivity index (χ1v) is 8.23. The van der Waals surface area contributed by atoms with Crippen LogP contribution in [0.1, 0.15) is 35.7 Å². The van der Waals surface area contributed by atoms with Gasteiger partial charge in [0.2, 0.25) is 11.1 Å². The van der Waals surface area contributed by atoms with Crippen molar-refractivity contribution in [2.24, 2.45) is 0 Å². The molecule has 1 aromatic carbocycles. The molecule has 3 rings (SSSR count). The summed E-state index contributed by atoms with van der Waals surface area (Å²) in [4.78, 5) is 12.1. The molecule has 1 aliphatic rings. The van der Waals surface area contributed by atoms with Crippen LogP contribution in [0.4, 0.5) is 5.69 Å². The Morgan fingerprint density at radius 3 is 2.86 bits per heavy atom. The number of hydrogen-bond donors (Lipinski definition) is 2. The minimum atomic E-state index is -0.0760. The van der Waals surface area contributed by atoms with E-state index in [0.717, 1.165) is 29.9 Å². The zero-order valence-electron chi connectivity index (χ0n) is 12.7. The number of nitrogens with zero attached hydrogens (tertiary/aromatic N) is 3. The van der Waals surface area contributed by atoms with E-state index in [9.17, 15) is 4.79 Å². The van der Waals surface area contributed by atoms with Gasteiger partial charge in [0.05, 0.1) is 5.75 Å². The van der Waals surface area contributed by atoms with Gasteiger partial charge < -0.3 is 11.2 Å². The quantitative estimate of drug-likeness (QED) is 0.652. The molecule has 2 aromatic rings. The Hall–Kier alpha value is -2.02. The van der Waals surface area contributed by atoms with Crippen LogP contribution >= 0.6 is 11.8 Å². The third kappa shape index (κ3) is 3.24. The fraction of sp³-hybridized carbons (Fsp3) is 0.400. The summed E-state index contributed by atoms with van der Waals surface area (Å²) in [5, 5.41) is 11.6. The van der Waals surface area contributed by atoms with E-state index in [0.29, 0.717) is 11.1 Å². The molecular formula is C15H19N5OS. The van der Waals surface area contributed by atoms with Crippen molar-refractivity contribution in [1.82, 2.24) is 14.9 Å². The van der Waals surface area contributed by atoms with Crippen molar-refractivity contribution in [1.29, 1.82) is 0 Å². The lowest BCUT2D eigenvalue weighted by atomic mass is 10.1. The van der Waals surface area contributed by atoms with Gasteiger partial charge in [0.25, 0.3) is 0 Å². The second kappa shape index (κ2) is 6.00. The molecule has 7 heteroatoms. The molecule has 22 heavy (non-hydrogen) atoms. The van der Waals surface area contributed by atoms with Crippen LogP contribution in [0.25, 0.3) is 0 Å². The largest absolute Gasteiger partial charge is 0.336 e.